The minimum absolute atomic E-state index is 0.0427. The maximum Gasteiger partial charge on any atom is 0.271 e. The largest absolute Gasteiger partial charge is 0.497 e. The molecule has 0 saturated carbocycles. The Balaban J connectivity index is 1.90. The summed E-state index contributed by atoms with van der Waals surface area (Å²) in [6, 6.07) is 10.3. The van der Waals surface area contributed by atoms with Crippen LogP contribution in [0.15, 0.2) is 48.5 Å². The zero-order valence-electron chi connectivity index (χ0n) is 20.4. The van der Waals surface area contributed by atoms with E-state index in [1.54, 1.807) is 6.92 Å². The fourth-order valence-electron chi connectivity index (χ4n) is 3.53. The van der Waals surface area contributed by atoms with E-state index in [1.807, 2.05) is 0 Å². The van der Waals surface area contributed by atoms with E-state index >= 15 is 0 Å². The van der Waals surface area contributed by atoms with Gasteiger partial charge in [0.25, 0.3) is 5.91 Å². The highest BCUT2D eigenvalue weighted by atomic mass is 35.5. The molecule has 0 aromatic heterocycles. The fourth-order valence-corrected chi connectivity index (χ4v) is 3.94. The van der Waals surface area contributed by atoms with Crippen molar-refractivity contribution in [3.05, 3.63) is 93.3 Å². The smallest absolute Gasteiger partial charge is 0.271 e. The molecule has 3 aromatic rings. The van der Waals surface area contributed by atoms with Crippen LogP contribution in [0.5, 0.6) is 11.5 Å². The van der Waals surface area contributed by atoms with Crippen molar-refractivity contribution in [2.75, 3.05) is 13.7 Å². The molecule has 0 saturated heterocycles. The van der Waals surface area contributed by atoms with E-state index in [2.05, 4.69) is 0 Å². The van der Waals surface area contributed by atoms with Gasteiger partial charge in [-0.2, -0.15) is 0 Å². The number of rotatable bonds is 11. The molecule has 12 heteroatoms. The maximum absolute atomic E-state index is 14.7. The number of carbonyl (C=O) groups is 1. The van der Waals surface area contributed by atoms with E-state index in [9.17, 15) is 18.0 Å². The molecular weight excluding hydrogens is 546 g/mol. The first-order valence-electron chi connectivity index (χ1n) is 11.2. The summed E-state index contributed by atoms with van der Waals surface area (Å²) in [6.45, 7) is 0.980. The molecule has 1 atom stereocenters. The summed E-state index contributed by atoms with van der Waals surface area (Å²) < 4.78 is 60.3. The number of hydrogen-bond donors (Lipinski definition) is 2. The third kappa shape index (κ3) is 6.89. The highest BCUT2D eigenvalue weighted by Gasteiger charge is 2.32. The van der Waals surface area contributed by atoms with Gasteiger partial charge in [-0.25, -0.2) is 17.6 Å². The minimum Gasteiger partial charge on any atom is -0.497 e. The van der Waals surface area contributed by atoms with Crippen molar-refractivity contribution >= 4 is 35.1 Å². The number of ether oxygens (including phenoxy) is 3. The van der Waals surface area contributed by atoms with E-state index in [1.165, 1.54) is 43.5 Å². The molecule has 0 spiro atoms. The molecule has 202 valence electrons. The van der Waals surface area contributed by atoms with Gasteiger partial charge in [-0.1, -0.05) is 23.7 Å². The van der Waals surface area contributed by atoms with Gasteiger partial charge in [-0.05, 0) is 31.2 Å². The van der Waals surface area contributed by atoms with Crippen LogP contribution in [0.4, 0.5) is 13.2 Å². The lowest BCUT2D eigenvalue weighted by Gasteiger charge is -2.24. The Kier molecular flexibility index (Phi) is 9.84. The van der Waals surface area contributed by atoms with E-state index in [-0.39, 0.29) is 42.7 Å². The van der Waals surface area contributed by atoms with Crippen molar-refractivity contribution in [2.24, 2.45) is 5.73 Å². The predicted octanol–water partition coefficient (Wildman–Crippen LogP) is 5.89. The number of amides is 1. The van der Waals surface area contributed by atoms with Crippen LogP contribution in [0.3, 0.4) is 0 Å². The van der Waals surface area contributed by atoms with Gasteiger partial charge in [0.1, 0.15) is 41.4 Å². The number of benzene rings is 3. The van der Waals surface area contributed by atoms with E-state index < -0.39 is 35.0 Å². The van der Waals surface area contributed by atoms with Crippen molar-refractivity contribution in [3.8, 4) is 11.5 Å². The van der Waals surface area contributed by atoms with E-state index in [0.717, 1.165) is 12.1 Å². The van der Waals surface area contributed by atoms with Crippen LogP contribution < -0.4 is 15.2 Å². The number of nitrogens with zero attached hydrogens (tertiary/aromatic N) is 1. The molecule has 7 nitrogen and oxygen atoms in total. The zero-order valence-corrected chi connectivity index (χ0v) is 21.9. The lowest BCUT2D eigenvalue weighted by atomic mass is 10.1. The second-order valence-electron chi connectivity index (χ2n) is 7.96. The molecule has 0 fully saturated rings. The van der Waals surface area contributed by atoms with Crippen LogP contribution >= 0.6 is 23.4 Å². The second kappa shape index (κ2) is 12.9. The van der Waals surface area contributed by atoms with Gasteiger partial charge in [-0.3, -0.25) is 10.2 Å². The first kappa shape index (κ1) is 29.1. The molecule has 0 bridgehead atoms. The standard InChI is InChI=1S/C26H24Cl2F3N3O4/c1-3-37-24(23-20(30)10-18(36-2)11-21(23)31)26(35)34(28)12-15-5-4-14(25(32)33)9-22(15)38-13-16-8-17(27)6-7-19(16)29/h4-11,24H,3,12-13H2,1-2H3,(H3,32,33). The quantitative estimate of drug-likeness (QED) is 0.170. The first-order chi connectivity index (χ1) is 18.0. The van der Waals surface area contributed by atoms with Crippen LogP contribution in [0, 0.1) is 22.9 Å². The summed E-state index contributed by atoms with van der Waals surface area (Å²) in [7, 11) is 1.25. The van der Waals surface area contributed by atoms with Crippen LogP contribution in [-0.2, 0) is 22.7 Å². The Bertz CT molecular complexity index is 1320. The van der Waals surface area contributed by atoms with Crippen LogP contribution in [0.1, 0.15) is 35.3 Å². The zero-order chi connectivity index (χ0) is 28.0. The lowest BCUT2D eigenvalue weighted by Crippen LogP contribution is -2.30. The van der Waals surface area contributed by atoms with E-state index in [4.69, 9.17) is 48.7 Å². The first-order valence-corrected chi connectivity index (χ1v) is 11.9. The Hall–Kier alpha value is -3.47. The van der Waals surface area contributed by atoms with Gasteiger partial charge in [0, 0.05) is 52.2 Å². The van der Waals surface area contributed by atoms with Crippen LogP contribution in [0.2, 0.25) is 5.02 Å². The summed E-state index contributed by atoms with van der Waals surface area (Å²) in [6.07, 6.45) is -1.69. The average Bonchev–Trinajstić information content (AvgIpc) is 2.88. The number of nitrogen functional groups attached to an aromatic ring is 1. The molecule has 3 aromatic carbocycles. The SMILES string of the molecule is CCOC(C(=O)N(Cl)Cc1ccc(C(=N)N)cc1OCc1cc(Cl)ccc1F)c1c(F)cc(OC)cc1F. The number of carbonyl (C=O) groups excluding carboxylic acids is 1. The monoisotopic (exact) mass is 569 g/mol. The van der Waals surface area contributed by atoms with Crippen molar-refractivity contribution in [1.29, 1.82) is 5.41 Å². The molecule has 1 amide bonds. The third-order valence-corrected chi connectivity index (χ3v) is 5.95. The summed E-state index contributed by atoms with van der Waals surface area (Å²) in [5.74, 6) is -3.76. The molecule has 3 rings (SSSR count). The fraction of sp³-hybridized carbons (Fsp3) is 0.231. The van der Waals surface area contributed by atoms with Gasteiger partial charge in [0.15, 0.2) is 6.10 Å². The average molecular weight is 570 g/mol. The highest BCUT2D eigenvalue weighted by Crippen LogP contribution is 2.32. The summed E-state index contributed by atoms with van der Waals surface area (Å²) in [5.41, 5.74) is 5.77. The summed E-state index contributed by atoms with van der Waals surface area (Å²) in [4.78, 5) is 13.2. The molecule has 0 aliphatic heterocycles. The molecule has 1 unspecified atom stereocenters. The second-order valence-corrected chi connectivity index (χ2v) is 8.80. The van der Waals surface area contributed by atoms with E-state index in [0.29, 0.717) is 20.6 Å². The molecule has 0 aliphatic carbocycles. The summed E-state index contributed by atoms with van der Waals surface area (Å²) >= 11 is 12.2. The van der Waals surface area contributed by atoms with Crippen LogP contribution in [0.25, 0.3) is 0 Å². The minimum atomic E-state index is -1.69. The maximum atomic E-state index is 14.7. The van der Waals surface area contributed by atoms with Crippen molar-refractivity contribution in [1.82, 2.24) is 4.42 Å². The molecule has 38 heavy (non-hydrogen) atoms. The van der Waals surface area contributed by atoms with Gasteiger partial charge in [0.2, 0.25) is 0 Å². The summed E-state index contributed by atoms with van der Waals surface area (Å²) in [5, 5.41) is 8.00. The lowest BCUT2D eigenvalue weighted by molar-refractivity contribution is -0.139. The molecule has 0 heterocycles. The number of nitrogens with one attached hydrogen (secondary N) is 1. The van der Waals surface area contributed by atoms with Gasteiger partial charge in [-0.15, -0.1) is 0 Å². The number of halogens is 5. The Labute approximate surface area is 227 Å². The van der Waals surface area contributed by atoms with Gasteiger partial charge in [0.05, 0.1) is 19.2 Å². The number of hydrogen-bond acceptors (Lipinski definition) is 5. The van der Waals surface area contributed by atoms with Crippen molar-refractivity contribution < 1.29 is 32.2 Å². The highest BCUT2D eigenvalue weighted by molar-refractivity contribution is 6.30. The predicted molar refractivity (Wildman–Crippen MR) is 137 cm³/mol. The Morgan fingerprint density at radius 2 is 1.74 bits per heavy atom. The molecule has 0 radical (unpaired) electrons. The number of methoxy groups -OCH3 is 1. The van der Waals surface area contributed by atoms with Crippen molar-refractivity contribution in [2.45, 2.75) is 26.2 Å². The Morgan fingerprint density at radius 3 is 2.34 bits per heavy atom. The topological polar surface area (TPSA) is 97.9 Å². The normalized spacial score (nSPS) is 11.7. The van der Waals surface area contributed by atoms with Crippen molar-refractivity contribution in [3.63, 3.8) is 0 Å². The Morgan fingerprint density at radius 1 is 1.05 bits per heavy atom. The number of nitrogens with two attached hydrogens (primary N) is 1. The van der Waals surface area contributed by atoms with Gasteiger partial charge >= 0.3 is 0 Å². The van der Waals surface area contributed by atoms with Gasteiger partial charge < -0.3 is 19.9 Å². The number of amidine groups is 1. The van der Waals surface area contributed by atoms with Crippen LogP contribution in [-0.4, -0.2) is 29.9 Å². The molecule has 0 aliphatic rings. The third-order valence-electron chi connectivity index (χ3n) is 5.43. The molecule has 3 N–H and O–H groups in total. The molecular formula is C26H24Cl2F3N3O4.